The monoisotopic (exact) mass is 602 g/mol. The molecule has 0 spiro atoms. The molecule has 3 rings (SSSR count). The third kappa shape index (κ3) is 7.87. The first-order valence-corrected chi connectivity index (χ1v) is 13.3. The summed E-state index contributed by atoms with van der Waals surface area (Å²) in [7, 11) is 0. The van der Waals surface area contributed by atoms with Gasteiger partial charge >= 0.3 is 0 Å². The Labute approximate surface area is 235 Å². The Morgan fingerprint density at radius 3 is 1.80 bits per heavy atom. The van der Waals surface area contributed by atoms with Gasteiger partial charge in [0.25, 0.3) is 0 Å². The lowest BCUT2D eigenvalue weighted by molar-refractivity contribution is -0.376. The van der Waals surface area contributed by atoms with Crippen LogP contribution >= 0.6 is 0 Å². The van der Waals surface area contributed by atoms with Crippen molar-refractivity contribution in [2.45, 2.75) is 105 Å². The van der Waals surface area contributed by atoms with Gasteiger partial charge in [0.1, 0.15) is 73.2 Å². The molecule has 1 amide bonds. The smallest absolute Gasteiger partial charge is 0.217 e. The van der Waals surface area contributed by atoms with E-state index >= 15 is 0 Å². The van der Waals surface area contributed by atoms with E-state index in [0.29, 0.717) is 13.0 Å². The van der Waals surface area contributed by atoms with Gasteiger partial charge in [0.15, 0.2) is 18.9 Å². The second-order valence-electron chi connectivity index (χ2n) is 10.1. The molecule has 0 aromatic carbocycles. The predicted octanol–water partition coefficient (Wildman–Crippen LogP) is -7.06. The second-order valence-corrected chi connectivity index (χ2v) is 10.1. The molecule has 3 aliphatic rings. The van der Waals surface area contributed by atoms with Crippen LogP contribution in [-0.4, -0.2) is 177 Å². The summed E-state index contributed by atoms with van der Waals surface area (Å²) < 4.78 is 33.4. The second kappa shape index (κ2) is 15.5. The molecule has 3 aliphatic heterocycles. The van der Waals surface area contributed by atoms with Crippen molar-refractivity contribution in [1.29, 1.82) is 0 Å². The Bertz CT molecular complexity index is 812. The average Bonchev–Trinajstić information content (AvgIpc) is 2.95. The van der Waals surface area contributed by atoms with Crippen molar-refractivity contribution in [3.8, 4) is 0 Å². The van der Waals surface area contributed by atoms with E-state index in [-0.39, 0.29) is 6.61 Å². The normalized spacial score (nSPS) is 45.4. The lowest BCUT2D eigenvalue weighted by Gasteiger charge is -2.48. The van der Waals surface area contributed by atoms with Crippen LogP contribution in [0.3, 0.4) is 0 Å². The van der Waals surface area contributed by atoms with Crippen LogP contribution in [0.1, 0.15) is 13.3 Å². The van der Waals surface area contributed by atoms with Crippen LogP contribution in [0.15, 0.2) is 0 Å². The van der Waals surface area contributed by atoms with Crippen LogP contribution in [0.25, 0.3) is 0 Å². The molecule has 41 heavy (non-hydrogen) atoms. The highest BCUT2D eigenvalue weighted by Crippen LogP contribution is 2.32. The van der Waals surface area contributed by atoms with Crippen molar-refractivity contribution in [3.63, 3.8) is 0 Å². The molecule has 15 atom stereocenters. The fraction of sp³-hybridized carbons (Fsp3) is 0.957. The summed E-state index contributed by atoms with van der Waals surface area (Å²) in [5, 5.41) is 94.9. The van der Waals surface area contributed by atoms with E-state index in [4.69, 9.17) is 34.2 Å². The van der Waals surface area contributed by atoms with Crippen LogP contribution in [0.2, 0.25) is 0 Å². The highest BCUT2D eigenvalue weighted by molar-refractivity contribution is 5.73. The Hall–Kier alpha value is -1.17. The molecule has 0 bridgehead atoms. The zero-order chi connectivity index (χ0) is 30.4. The van der Waals surface area contributed by atoms with Gasteiger partial charge in [-0.15, -0.1) is 0 Å². The van der Waals surface area contributed by atoms with E-state index < -0.39 is 118 Å². The maximum atomic E-state index is 11.8. The Morgan fingerprint density at radius 1 is 0.707 bits per heavy atom. The number of carbonyl (C=O) groups is 1. The van der Waals surface area contributed by atoms with Crippen molar-refractivity contribution in [3.05, 3.63) is 0 Å². The van der Waals surface area contributed by atoms with Gasteiger partial charge in [-0.3, -0.25) is 4.79 Å². The number of rotatable bonds is 12. The van der Waals surface area contributed by atoms with Crippen molar-refractivity contribution in [2.24, 2.45) is 5.73 Å². The van der Waals surface area contributed by atoms with Gasteiger partial charge in [-0.25, -0.2) is 0 Å². The van der Waals surface area contributed by atoms with Gasteiger partial charge in [-0.2, -0.15) is 0 Å². The number of amides is 1. The summed E-state index contributed by atoms with van der Waals surface area (Å²) in [5.41, 5.74) is 5.48. The summed E-state index contributed by atoms with van der Waals surface area (Å²) in [6.45, 7) is -0.656. The number of carbonyl (C=O) groups excluding carboxylic acids is 1. The summed E-state index contributed by atoms with van der Waals surface area (Å²) in [6, 6.07) is -1.20. The molecule has 0 aromatic heterocycles. The van der Waals surface area contributed by atoms with Gasteiger partial charge in [0.2, 0.25) is 5.91 Å². The molecule has 12 N–H and O–H groups in total. The number of aliphatic hydroxyl groups excluding tert-OH is 9. The van der Waals surface area contributed by atoms with Crippen molar-refractivity contribution < 1.29 is 79.2 Å². The third-order valence-electron chi connectivity index (χ3n) is 7.11. The van der Waals surface area contributed by atoms with E-state index in [1.165, 1.54) is 6.92 Å². The fourth-order valence-electron chi connectivity index (χ4n) is 4.86. The zero-order valence-corrected chi connectivity index (χ0v) is 22.4. The number of hydrogen-bond donors (Lipinski definition) is 11. The van der Waals surface area contributed by atoms with Crippen LogP contribution < -0.4 is 11.1 Å². The largest absolute Gasteiger partial charge is 0.394 e. The molecule has 15 unspecified atom stereocenters. The minimum atomic E-state index is -1.90. The predicted molar refractivity (Wildman–Crippen MR) is 130 cm³/mol. The standard InChI is InChI=1S/C23H42N2O16/c1-8(29)25-12-15(32)19(11(7-28)39-21(12)36-4-2-3-24)40-23-18(35)20(14(31)10(6-27)38-23)41-22-17(34)16(33)13(30)9(5-26)37-22/h9-23,26-28,30-35H,2-7,24H2,1H3,(H,25,29). The topological polar surface area (TPSA) is 293 Å². The number of aliphatic hydroxyl groups is 9. The molecule has 3 fully saturated rings. The summed E-state index contributed by atoms with van der Waals surface area (Å²) in [6.07, 6.45) is -22.1. The third-order valence-corrected chi connectivity index (χ3v) is 7.11. The molecule has 18 heteroatoms. The van der Waals surface area contributed by atoms with E-state index in [2.05, 4.69) is 5.32 Å². The minimum absolute atomic E-state index is 0.116. The van der Waals surface area contributed by atoms with E-state index in [1.54, 1.807) is 0 Å². The first kappa shape index (κ1) is 34.3. The lowest BCUT2D eigenvalue weighted by Crippen LogP contribution is -2.68. The van der Waals surface area contributed by atoms with Crippen molar-refractivity contribution in [2.75, 3.05) is 33.0 Å². The molecule has 0 radical (unpaired) electrons. The molecule has 18 nitrogen and oxygen atoms in total. The number of nitrogens with two attached hydrogens (primary N) is 1. The van der Waals surface area contributed by atoms with Crippen LogP contribution in [0.5, 0.6) is 0 Å². The molecule has 0 aromatic rings. The molecule has 3 heterocycles. The van der Waals surface area contributed by atoms with Crippen molar-refractivity contribution >= 4 is 5.91 Å². The van der Waals surface area contributed by atoms with Gasteiger partial charge < -0.3 is 85.4 Å². The summed E-state index contributed by atoms with van der Waals surface area (Å²) >= 11 is 0. The van der Waals surface area contributed by atoms with E-state index in [1.807, 2.05) is 0 Å². The van der Waals surface area contributed by atoms with Gasteiger partial charge in [-0.1, -0.05) is 0 Å². The van der Waals surface area contributed by atoms with Gasteiger partial charge in [-0.05, 0) is 13.0 Å². The first-order valence-electron chi connectivity index (χ1n) is 13.3. The minimum Gasteiger partial charge on any atom is -0.394 e. The summed E-state index contributed by atoms with van der Waals surface area (Å²) in [5.74, 6) is -0.545. The van der Waals surface area contributed by atoms with Crippen LogP contribution in [-0.2, 0) is 33.2 Å². The maximum Gasteiger partial charge on any atom is 0.217 e. The molecule has 0 saturated carbocycles. The Balaban J connectivity index is 1.80. The fourth-order valence-corrected chi connectivity index (χ4v) is 4.86. The highest BCUT2D eigenvalue weighted by atomic mass is 16.8. The van der Waals surface area contributed by atoms with E-state index in [9.17, 15) is 50.8 Å². The summed E-state index contributed by atoms with van der Waals surface area (Å²) in [4.78, 5) is 11.8. The molecule has 3 saturated heterocycles. The highest BCUT2D eigenvalue weighted by Gasteiger charge is 2.54. The van der Waals surface area contributed by atoms with Gasteiger partial charge in [0, 0.05) is 6.92 Å². The zero-order valence-electron chi connectivity index (χ0n) is 22.4. The Kier molecular flexibility index (Phi) is 13.0. The molecular weight excluding hydrogens is 560 g/mol. The quantitative estimate of drug-likeness (QED) is 0.0925. The maximum absolute atomic E-state index is 11.8. The number of hydrogen-bond acceptors (Lipinski definition) is 17. The lowest BCUT2D eigenvalue weighted by atomic mass is 9.95. The number of ether oxygens (including phenoxy) is 6. The molecular formula is C23H42N2O16. The van der Waals surface area contributed by atoms with E-state index in [0.717, 1.165) is 0 Å². The number of nitrogens with one attached hydrogen (secondary N) is 1. The SMILES string of the molecule is CC(=O)NC1C(OCCCN)OC(CO)C(OC2OC(CO)C(O)C(OC3OC(CO)C(O)C(O)C3O)C2O)C1O. The average molecular weight is 603 g/mol. The first-order chi connectivity index (χ1) is 19.5. The van der Waals surface area contributed by atoms with Crippen LogP contribution in [0, 0.1) is 0 Å². The molecule has 0 aliphatic carbocycles. The van der Waals surface area contributed by atoms with Crippen LogP contribution in [0.4, 0.5) is 0 Å². The molecule has 240 valence electrons. The van der Waals surface area contributed by atoms with Crippen molar-refractivity contribution in [1.82, 2.24) is 5.32 Å². The Morgan fingerprint density at radius 2 is 1.24 bits per heavy atom. The van der Waals surface area contributed by atoms with Gasteiger partial charge in [0.05, 0.1) is 26.4 Å².